The summed E-state index contributed by atoms with van der Waals surface area (Å²) < 4.78 is 57.4. The number of halogens is 4. The summed E-state index contributed by atoms with van der Waals surface area (Å²) in [5.41, 5.74) is 12.1. The molecular weight excluding hydrogens is 719 g/mol. The smallest absolute Gasteiger partial charge is 0.123 e. The van der Waals surface area contributed by atoms with Crippen LogP contribution in [0.4, 0.5) is 28.9 Å². The van der Waals surface area contributed by atoms with Crippen molar-refractivity contribution in [3.05, 3.63) is 230 Å². The Morgan fingerprint density at radius 1 is 0.421 bits per heavy atom. The molecule has 0 aliphatic carbocycles. The minimum Gasteiger partial charge on any atom is -0.251 e. The molecule has 7 aromatic rings. The number of aryl methyl sites for hydroxylation is 3. The Morgan fingerprint density at radius 3 is 1.21 bits per heavy atom. The van der Waals surface area contributed by atoms with E-state index < -0.39 is 11.8 Å². The summed E-state index contributed by atoms with van der Waals surface area (Å²) in [6, 6.07) is 41.1. The molecule has 0 amide bonds. The number of para-hydroxylation sites is 1. The van der Waals surface area contributed by atoms with Crippen LogP contribution in [0.3, 0.4) is 0 Å². The van der Waals surface area contributed by atoms with Crippen LogP contribution >= 0.6 is 0 Å². The van der Waals surface area contributed by atoms with Gasteiger partial charge in [-0.3, -0.25) is 9.98 Å². The summed E-state index contributed by atoms with van der Waals surface area (Å²) in [4.78, 5) is 15.2. The van der Waals surface area contributed by atoms with Crippen LogP contribution < -0.4 is 0 Å². The molecule has 6 aromatic carbocycles. The third kappa shape index (κ3) is 8.68. The van der Waals surface area contributed by atoms with Crippen LogP contribution in [0.15, 0.2) is 156 Å². The van der Waals surface area contributed by atoms with E-state index in [1.165, 1.54) is 48.5 Å². The van der Waals surface area contributed by atoms with Gasteiger partial charge in [-0.25, -0.2) is 22.5 Å². The minimum atomic E-state index is -0.510. The van der Waals surface area contributed by atoms with Crippen molar-refractivity contribution in [1.82, 2.24) is 4.98 Å². The normalized spacial score (nSPS) is 12.1. The van der Waals surface area contributed by atoms with Crippen LogP contribution in [-0.2, 0) is 0 Å². The molecule has 1 heterocycles. The Labute approximate surface area is 331 Å². The zero-order chi connectivity index (χ0) is 40.2. The Hall–Kier alpha value is -6.47. The van der Waals surface area contributed by atoms with Gasteiger partial charge in [0.1, 0.15) is 23.3 Å². The standard InChI is InChI=1S/C50H41F4N3/c1-30-8-6-9-31(2)49(30)55-33(4)45-10-7-11-46(57-45)34(5)56-50-32(3)28-39(47(35-12-20-40(51)21-13-35)36-14-22-41(52)23-15-36)29-44(50)48(37-16-24-42(53)25-17-37)38-18-26-43(54)27-19-38/h6-29,47-48H,1-5H3. The fourth-order valence-corrected chi connectivity index (χ4v) is 7.39. The average Bonchev–Trinajstić information content (AvgIpc) is 3.20. The van der Waals surface area contributed by atoms with Gasteiger partial charge in [0.25, 0.3) is 0 Å². The van der Waals surface area contributed by atoms with E-state index in [2.05, 4.69) is 6.07 Å². The van der Waals surface area contributed by atoms with Gasteiger partial charge in [0.05, 0.1) is 34.2 Å². The average molecular weight is 760 g/mol. The monoisotopic (exact) mass is 759 g/mol. The lowest BCUT2D eigenvalue weighted by molar-refractivity contribution is 0.625. The van der Waals surface area contributed by atoms with Gasteiger partial charge in [0.15, 0.2) is 0 Å². The maximum Gasteiger partial charge on any atom is 0.123 e. The molecule has 0 atom stereocenters. The molecule has 1 aromatic heterocycles. The van der Waals surface area contributed by atoms with Gasteiger partial charge >= 0.3 is 0 Å². The van der Waals surface area contributed by atoms with Gasteiger partial charge in [-0.05, 0) is 145 Å². The molecule has 57 heavy (non-hydrogen) atoms. The van der Waals surface area contributed by atoms with Crippen LogP contribution in [0.5, 0.6) is 0 Å². The lowest BCUT2D eigenvalue weighted by Gasteiger charge is -2.26. The SMILES string of the molecule is CC(=Nc1c(C)cccc1C)c1cccc(C(C)=Nc2c(C)cc(C(c3ccc(F)cc3)c3ccc(F)cc3)cc2C(c2ccc(F)cc2)c2ccc(F)cc2)n1. The Bertz CT molecular complexity index is 2480. The fraction of sp³-hybridized carbons (Fsp3) is 0.140. The topological polar surface area (TPSA) is 37.6 Å². The van der Waals surface area contributed by atoms with Crippen molar-refractivity contribution in [2.45, 2.75) is 46.5 Å². The van der Waals surface area contributed by atoms with Crippen LogP contribution in [0.2, 0.25) is 0 Å². The Balaban J connectivity index is 1.44. The molecular formula is C50H41F4N3. The highest BCUT2D eigenvalue weighted by molar-refractivity contribution is 6.02. The molecule has 0 saturated heterocycles. The number of nitrogens with zero attached hydrogens (tertiary/aromatic N) is 3. The predicted molar refractivity (Wildman–Crippen MR) is 223 cm³/mol. The van der Waals surface area contributed by atoms with Crippen molar-refractivity contribution in [2.24, 2.45) is 9.98 Å². The molecule has 0 fully saturated rings. The molecule has 0 bridgehead atoms. The van der Waals surface area contributed by atoms with Crippen LogP contribution in [0.25, 0.3) is 0 Å². The van der Waals surface area contributed by atoms with E-state index in [1.807, 2.05) is 77.1 Å². The number of rotatable bonds is 10. The van der Waals surface area contributed by atoms with E-state index >= 15 is 0 Å². The second-order valence-corrected chi connectivity index (χ2v) is 14.4. The second-order valence-electron chi connectivity index (χ2n) is 14.4. The highest BCUT2D eigenvalue weighted by atomic mass is 19.1. The molecule has 0 saturated carbocycles. The third-order valence-electron chi connectivity index (χ3n) is 10.3. The molecule has 0 radical (unpaired) electrons. The first-order valence-electron chi connectivity index (χ1n) is 18.8. The number of benzene rings is 6. The van der Waals surface area contributed by atoms with Gasteiger partial charge in [-0.2, -0.15) is 0 Å². The quantitative estimate of drug-likeness (QED) is 0.0777. The molecule has 7 rings (SSSR count). The lowest BCUT2D eigenvalue weighted by Crippen LogP contribution is -2.10. The highest BCUT2D eigenvalue weighted by Gasteiger charge is 2.26. The fourth-order valence-electron chi connectivity index (χ4n) is 7.39. The van der Waals surface area contributed by atoms with Gasteiger partial charge < -0.3 is 0 Å². The summed E-state index contributed by atoms with van der Waals surface area (Å²) in [6.45, 7) is 9.91. The first kappa shape index (κ1) is 38.8. The summed E-state index contributed by atoms with van der Waals surface area (Å²) >= 11 is 0. The highest BCUT2D eigenvalue weighted by Crippen LogP contribution is 2.43. The number of pyridine rings is 1. The summed E-state index contributed by atoms with van der Waals surface area (Å²) in [5, 5.41) is 0. The molecule has 0 spiro atoms. The van der Waals surface area contributed by atoms with Crippen LogP contribution in [-0.4, -0.2) is 16.4 Å². The van der Waals surface area contributed by atoms with Crippen LogP contribution in [0.1, 0.15) is 87.1 Å². The first-order valence-corrected chi connectivity index (χ1v) is 18.8. The number of hydrogen-bond acceptors (Lipinski definition) is 3. The minimum absolute atomic E-state index is 0.370. The van der Waals surface area contributed by atoms with Crippen LogP contribution in [0, 0.1) is 44.0 Å². The largest absolute Gasteiger partial charge is 0.251 e. The third-order valence-corrected chi connectivity index (χ3v) is 10.3. The summed E-state index contributed by atoms with van der Waals surface area (Å²) in [5.74, 6) is -2.43. The van der Waals surface area contributed by atoms with Gasteiger partial charge in [0, 0.05) is 11.8 Å². The molecule has 0 aliphatic rings. The number of hydrogen-bond donors (Lipinski definition) is 0. The van der Waals surface area contributed by atoms with Crippen molar-refractivity contribution in [1.29, 1.82) is 0 Å². The van der Waals surface area contributed by atoms with Crippen molar-refractivity contribution in [2.75, 3.05) is 0 Å². The Morgan fingerprint density at radius 2 is 0.789 bits per heavy atom. The van der Waals surface area contributed by atoms with E-state index in [0.717, 1.165) is 61.5 Å². The van der Waals surface area contributed by atoms with E-state index in [0.29, 0.717) is 22.8 Å². The maximum atomic E-state index is 14.4. The lowest BCUT2D eigenvalue weighted by atomic mass is 9.79. The van der Waals surface area contributed by atoms with Crippen molar-refractivity contribution >= 4 is 22.8 Å². The van der Waals surface area contributed by atoms with E-state index in [1.54, 1.807) is 48.5 Å². The van der Waals surface area contributed by atoms with Gasteiger partial charge in [-0.15, -0.1) is 0 Å². The molecule has 0 unspecified atom stereocenters. The Kier molecular flexibility index (Phi) is 11.4. The van der Waals surface area contributed by atoms with Crippen molar-refractivity contribution in [3.63, 3.8) is 0 Å². The molecule has 3 nitrogen and oxygen atoms in total. The number of aromatic nitrogens is 1. The van der Waals surface area contributed by atoms with Crippen molar-refractivity contribution in [3.8, 4) is 0 Å². The van der Waals surface area contributed by atoms with E-state index in [9.17, 15) is 17.6 Å². The van der Waals surface area contributed by atoms with E-state index in [-0.39, 0.29) is 23.3 Å². The van der Waals surface area contributed by atoms with Crippen molar-refractivity contribution < 1.29 is 17.6 Å². The zero-order valence-corrected chi connectivity index (χ0v) is 32.4. The molecule has 284 valence electrons. The molecule has 0 aliphatic heterocycles. The van der Waals surface area contributed by atoms with E-state index in [4.69, 9.17) is 15.0 Å². The zero-order valence-electron chi connectivity index (χ0n) is 32.4. The predicted octanol–water partition coefficient (Wildman–Crippen LogP) is 13.2. The van der Waals surface area contributed by atoms with Gasteiger partial charge in [0.2, 0.25) is 0 Å². The number of aliphatic imine (C=N–C) groups is 2. The molecule has 7 heteroatoms. The second kappa shape index (κ2) is 16.7. The summed E-state index contributed by atoms with van der Waals surface area (Å²) in [6.07, 6.45) is 0. The molecule has 0 N–H and O–H groups in total. The first-order chi connectivity index (χ1) is 27.4. The maximum absolute atomic E-state index is 14.4. The summed E-state index contributed by atoms with van der Waals surface area (Å²) in [7, 11) is 0. The van der Waals surface area contributed by atoms with Gasteiger partial charge in [-0.1, -0.05) is 84.9 Å².